The van der Waals surface area contributed by atoms with Crippen molar-refractivity contribution in [3.8, 4) is 0 Å². The zero-order chi connectivity index (χ0) is 16.7. The number of urea groups is 1. The molecule has 1 N–H and O–H groups in total. The SMILES string of the molecule is CCC(=O)N1CCN(C(=O)NCCO[C@H]2CCCC[C@H]2C)CC1. The van der Waals surface area contributed by atoms with Gasteiger partial charge in [0, 0.05) is 39.1 Å². The topological polar surface area (TPSA) is 61.9 Å². The second kappa shape index (κ2) is 9.11. The van der Waals surface area contributed by atoms with Crippen molar-refractivity contribution < 1.29 is 14.3 Å². The second-order valence-corrected chi connectivity index (χ2v) is 6.62. The number of ether oxygens (including phenoxy) is 1. The van der Waals surface area contributed by atoms with E-state index in [0.717, 1.165) is 6.42 Å². The van der Waals surface area contributed by atoms with Gasteiger partial charge < -0.3 is 19.9 Å². The van der Waals surface area contributed by atoms with Crippen LogP contribution in [0.4, 0.5) is 4.79 Å². The molecule has 2 aliphatic rings. The van der Waals surface area contributed by atoms with E-state index in [1.807, 2.05) is 11.8 Å². The smallest absolute Gasteiger partial charge is 0.317 e. The summed E-state index contributed by atoms with van der Waals surface area (Å²) in [4.78, 5) is 27.3. The minimum absolute atomic E-state index is 0.0473. The standard InChI is InChI=1S/C17H31N3O3/c1-3-16(21)19-9-11-20(12-10-19)17(22)18-8-13-23-15-7-5-4-6-14(15)2/h14-15H,3-13H2,1-2H3,(H,18,22)/t14-,15+/m1/s1. The van der Waals surface area contributed by atoms with Gasteiger partial charge in [0.2, 0.25) is 5.91 Å². The number of rotatable bonds is 5. The van der Waals surface area contributed by atoms with Gasteiger partial charge in [-0.05, 0) is 18.8 Å². The van der Waals surface area contributed by atoms with Crippen molar-refractivity contribution in [2.45, 2.75) is 52.1 Å². The first-order valence-corrected chi connectivity index (χ1v) is 9.04. The van der Waals surface area contributed by atoms with Gasteiger partial charge in [0.05, 0.1) is 12.7 Å². The van der Waals surface area contributed by atoms with Crippen LogP contribution in [0.15, 0.2) is 0 Å². The number of nitrogens with zero attached hydrogens (tertiary/aromatic N) is 2. The fraction of sp³-hybridized carbons (Fsp3) is 0.882. The molecule has 0 unspecified atom stereocenters. The monoisotopic (exact) mass is 325 g/mol. The van der Waals surface area contributed by atoms with Crippen molar-refractivity contribution in [3.05, 3.63) is 0 Å². The van der Waals surface area contributed by atoms with E-state index >= 15 is 0 Å². The van der Waals surface area contributed by atoms with E-state index in [4.69, 9.17) is 4.74 Å². The van der Waals surface area contributed by atoms with Crippen molar-refractivity contribution in [1.82, 2.24) is 15.1 Å². The van der Waals surface area contributed by atoms with Gasteiger partial charge >= 0.3 is 6.03 Å². The molecule has 2 rings (SSSR count). The summed E-state index contributed by atoms with van der Waals surface area (Å²) in [5, 5.41) is 2.92. The average Bonchev–Trinajstić information content (AvgIpc) is 2.59. The molecule has 0 aromatic heterocycles. The molecule has 1 aliphatic heterocycles. The normalized spacial score (nSPS) is 25.3. The highest BCUT2D eigenvalue weighted by Gasteiger charge is 2.24. The second-order valence-electron chi connectivity index (χ2n) is 6.62. The highest BCUT2D eigenvalue weighted by Crippen LogP contribution is 2.25. The van der Waals surface area contributed by atoms with E-state index in [1.54, 1.807) is 4.90 Å². The van der Waals surface area contributed by atoms with Crippen LogP contribution < -0.4 is 5.32 Å². The lowest BCUT2D eigenvalue weighted by Crippen LogP contribution is -2.53. The first kappa shape index (κ1) is 18.0. The van der Waals surface area contributed by atoms with Crippen molar-refractivity contribution in [2.24, 2.45) is 5.92 Å². The molecule has 0 bridgehead atoms. The van der Waals surface area contributed by atoms with E-state index in [1.165, 1.54) is 19.3 Å². The lowest BCUT2D eigenvalue weighted by molar-refractivity contribution is -0.132. The summed E-state index contributed by atoms with van der Waals surface area (Å²) in [6, 6.07) is -0.0473. The van der Waals surface area contributed by atoms with E-state index < -0.39 is 0 Å². The molecule has 23 heavy (non-hydrogen) atoms. The van der Waals surface area contributed by atoms with Crippen LogP contribution in [0.3, 0.4) is 0 Å². The van der Waals surface area contributed by atoms with Gasteiger partial charge in [-0.3, -0.25) is 4.79 Å². The maximum absolute atomic E-state index is 12.1. The van der Waals surface area contributed by atoms with Crippen LogP contribution in [0.2, 0.25) is 0 Å². The van der Waals surface area contributed by atoms with Crippen LogP contribution in [-0.2, 0) is 9.53 Å². The summed E-state index contributed by atoms with van der Waals surface area (Å²) in [6.07, 6.45) is 5.83. The zero-order valence-corrected chi connectivity index (χ0v) is 14.6. The molecule has 0 spiro atoms. The number of amides is 3. The number of hydrogen-bond acceptors (Lipinski definition) is 3. The molecule has 1 heterocycles. The largest absolute Gasteiger partial charge is 0.376 e. The van der Waals surface area contributed by atoms with E-state index in [0.29, 0.717) is 57.8 Å². The third kappa shape index (κ3) is 5.37. The van der Waals surface area contributed by atoms with Gasteiger partial charge in [-0.25, -0.2) is 4.79 Å². The molecule has 0 aromatic carbocycles. The van der Waals surface area contributed by atoms with Gasteiger partial charge in [0.15, 0.2) is 0 Å². The lowest BCUT2D eigenvalue weighted by atomic mass is 9.88. The fourth-order valence-electron chi connectivity index (χ4n) is 3.39. The molecule has 132 valence electrons. The van der Waals surface area contributed by atoms with Crippen LogP contribution in [0, 0.1) is 5.92 Å². The number of piperazine rings is 1. The predicted molar refractivity (Wildman–Crippen MR) is 89.2 cm³/mol. The maximum Gasteiger partial charge on any atom is 0.317 e. The number of hydrogen-bond donors (Lipinski definition) is 1. The molecule has 3 amide bonds. The Hall–Kier alpha value is -1.30. The summed E-state index contributed by atoms with van der Waals surface area (Å²) in [5.74, 6) is 0.795. The van der Waals surface area contributed by atoms with Gasteiger partial charge in [0.1, 0.15) is 0 Å². The summed E-state index contributed by atoms with van der Waals surface area (Å²) < 4.78 is 5.91. The molecule has 6 nitrogen and oxygen atoms in total. The van der Waals surface area contributed by atoms with Crippen molar-refractivity contribution in [1.29, 1.82) is 0 Å². The summed E-state index contributed by atoms with van der Waals surface area (Å²) in [7, 11) is 0. The molecule has 2 fully saturated rings. The van der Waals surface area contributed by atoms with E-state index in [9.17, 15) is 9.59 Å². The molecule has 6 heteroatoms. The molecule has 0 aromatic rings. The molecule has 0 radical (unpaired) electrons. The van der Waals surface area contributed by atoms with Gasteiger partial charge in [-0.1, -0.05) is 26.7 Å². The highest BCUT2D eigenvalue weighted by molar-refractivity contribution is 5.77. The molecule has 2 atom stereocenters. The third-order valence-electron chi connectivity index (χ3n) is 4.97. The highest BCUT2D eigenvalue weighted by atomic mass is 16.5. The minimum atomic E-state index is -0.0473. The molecule has 1 saturated heterocycles. The van der Waals surface area contributed by atoms with Gasteiger partial charge in [0.25, 0.3) is 0 Å². The van der Waals surface area contributed by atoms with Crippen molar-refractivity contribution in [3.63, 3.8) is 0 Å². The Balaban J connectivity index is 1.59. The molecule has 1 saturated carbocycles. The Morgan fingerprint density at radius 2 is 1.74 bits per heavy atom. The number of carbonyl (C=O) groups excluding carboxylic acids is 2. The molecular formula is C17H31N3O3. The Morgan fingerprint density at radius 1 is 1.09 bits per heavy atom. The van der Waals surface area contributed by atoms with Gasteiger partial charge in [-0.15, -0.1) is 0 Å². The minimum Gasteiger partial charge on any atom is -0.376 e. The number of carbonyl (C=O) groups is 2. The van der Waals surface area contributed by atoms with Crippen LogP contribution in [-0.4, -0.2) is 67.2 Å². The Morgan fingerprint density at radius 3 is 2.39 bits per heavy atom. The van der Waals surface area contributed by atoms with Gasteiger partial charge in [-0.2, -0.15) is 0 Å². The maximum atomic E-state index is 12.1. The zero-order valence-electron chi connectivity index (χ0n) is 14.6. The fourth-order valence-corrected chi connectivity index (χ4v) is 3.39. The predicted octanol–water partition coefficient (Wildman–Crippen LogP) is 1.85. The Kier molecular flexibility index (Phi) is 7.15. The van der Waals surface area contributed by atoms with Crippen LogP contribution >= 0.6 is 0 Å². The van der Waals surface area contributed by atoms with Crippen LogP contribution in [0.1, 0.15) is 46.0 Å². The van der Waals surface area contributed by atoms with Crippen molar-refractivity contribution >= 4 is 11.9 Å². The molecular weight excluding hydrogens is 294 g/mol. The summed E-state index contributed by atoms with van der Waals surface area (Å²) >= 11 is 0. The average molecular weight is 325 g/mol. The summed E-state index contributed by atoms with van der Waals surface area (Å²) in [5.41, 5.74) is 0. The molecule has 1 aliphatic carbocycles. The lowest BCUT2D eigenvalue weighted by Gasteiger charge is -2.34. The quantitative estimate of drug-likeness (QED) is 0.785. The summed E-state index contributed by atoms with van der Waals surface area (Å²) in [6.45, 7) is 7.74. The van der Waals surface area contributed by atoms with E-state index in [2.05, 4.69) is 12.2 Å². The third-order valence-corrected chi connectivity index (χ3v) is 4.97. The van der Waals surface area contributed by atoms with Crippen LogP contribution in [0.25, 0.3) is 0 Å². The van der Waals surface area contributed by atoms with Crippen molar-refractivity contribution in [2.75, 3.05) is 39.3 Å². The first-order chi connectivity index (χ1) is 11.1. The Bertz CT molecular complexity index is 395. The Labute approximate surface area is 139 Å². The number of nitrogens with one attached hydrogen (secondary N) is 1. The van der Waals surface area contributed by atoms with Crippen LogP contribution in [0.5, 0.6) is 0 Å². The van der Waals surface area contributed by atoms with E-state index in [-0.39, 0.29) is 11.9 Å². The first-order valence-electron chi connectivity index (χ1n) is 9.04.